The Balaban J connectivity index is 1.36. The van der Waals surface area contributed by atoms with Crippen molar-refractivity contribution in [1.82, 2.24) is 19.6 Å². The summed E-state index contributed by atoms with van der Waals surface area (Å²) in [7, 11) is 0. The van der Waals surface area contributed by atoms with Crippen molar-refractivity contribution < 1.29 is 4.79 Å². The van der Waals surface area contributed by atoms with E-state index in [0.29, 0.717) is 6.42 Å². The minimum absolute atomic E-state index is 0.214. The van der Waals surface area contributed by atoms with Crippen LogP contribution in [0.2, 0.25) is 0 Å². The van der Waals surface area contributed by atoms with E-state index in [0.717, 1.165) is 59.7 Å². The third kappa shape index (κ3) is 4.11. The fourth-order valence-corrected chi connectivity index (χ4v) is 3.57. The number of nitrogens with one attached hydrogen (secondary N) is 1. The molecule has 1 N–H and O–H groups in total. The summed E-state index contributed by atoms with van der Waals surface area (Å²) in [4.78, 5) is 16.9. The quantitative estimate of drug-likeness (QED) is 0.349. The normalized spacial score (nSPS) is 11.2. The molecule has 148 valence electrons. The maximum Gasteiger partial charge on any atom is 0.204 e. The molecule has 29 heavy (non-hydrogen) atoms. The number of fused-ring (bicyclic) bond motifs is 3. The first-order valence-electron chi connectivity index (χ1n) is 10.1. The third-order valence-corrected chi connectivity index (χ3v) is 5.11. The highest BCUT2D eigenvalue weighted by Gasteiger charge is 2.13. The molecule has 0 aliphatic heterocycles. The number of carbonyl (C=O) groups is 1. The van der Waals surface area contributed by atoms with E-state index in [-0.39, 0.29) is 5.78 Å². The molecule has 0 unspecified atom stereocenters. The molecule has 2 aromatic carbocycles. The first-order valence-corrected chi connectivity index (χ1v) is 10.1. The van der Waals surface area contributed by atoms with Crippen LogP contribution in [0.3, 0.4) is 0 Å². The molecule has 2 aromatic heterocycles. The van der Waals surface area contributed by atoms with E-state index in [4.69, 9.17) is 4.98 Å². The van der Waals surface area contributed by atoms with Crippen LogP contribution in [0.5, 0.6) is 0 Å². The van der Waals surface area contributed by atoms with Crippen molar-refractivity contribution >= 4 is 28.3 Å². The summed E-state index contributed by atoms with van der Waals surface area (Å²) >= 11 is 0. The van der Waals surface area contributed by atoms with Crippen LogP contribution in [-0.4, -0.2) is 31.9 Å². The van der Waals surface area contributed by atoms with Crippen molar-refractivity contribution in [3.63, 3.8) is 0 Å². The molecule has 0 radical (unpaired) electrons. The van der Waals surface area contributed by atoms with Crippen LogP contribution >= 0.6 is 0 Å². The summed E-state index contributed by atoms with van der Waals surface area (Å²) in [5, 5.41) is 11.9. The number of hydrogen-bond donors (Lipinski definition) is 1. The molecule has 0 fully saturated rings. The van der Waals surface area contributed by atoms with E-state index < -0.39 is 0 Å². The molecule has 0 bridgehead atoms. The standard InChI is InChI=1S/C23H25N5O/c1-16-12-13-20-19(15-16)25-22(23-27-26-17(2)28(20)23)24-14-8-4-7-11-21(29)18-9-5-3-6-10-18/h3,5-6,9-10,12-13,15H,4,7-8,11,14H2,1-2H3,(H,24,25). The first kappa shape index (κ1) is 19.1. The molecule has 6 nitrogen and oxygen atoms in total. The monoisotopic (exact) mass is 387 g/mol. The van der Waals surface area contributed by atoms with Gasteiger partial charge in [0.25, 0.3) is 0 Å². The topological polar surface area (TPSA) is 72.2 Å². The first-order chi connectivity index (χ1) is 14.1. The largest absolute Gasteiger partial charge is 0.367 e. The molecule has 0 spiro atoms. The fraction of sp³-hybridized carbons (Fsp3) is 0.304. The second-order valence-corrected chi connectivity index (χ2v) is 7.39. The number of ketones is 1. The Morgan fingerprint density at radius 2 is 1.83 bits per heavy atom. The molecule has 2 heterocycles. The number of hydrogen-bond acceptors (Lipinski definition) is 5. The molecule has 0 aliphatic carbocycles. The van der Waals surface area contributed by atoms with Gasteiger partial charge in [-0.3, -0.25) is 9.20 Å². The Morgan fingerprint density at radius 1 is 1.00 bits per heavy atom. The summed E-state index contributed by atoms with van der Waals surface area (Å²) in [6.45, 7) is 4.80. The van der Waals surface area contributed by atoms with Crippen molar-refractivity contribution in [1.29, 1.82) is 0 Å². The van der Waals surface area contributed by atoms with Gasteiger partial charge in [0.2, 0.25) is 5.65 Å². The van der Waals surface area contributed by atoms with Gasteiger partial charge in [-0.2, -0.15) is 0 Å². The zero-order valence-electron chi connectivity index (χ0n) is 16.9. The van der Waals surface area contributed by atoms with Crippen LogP contribution in [0.1, 0.15) is 47.4 Å². The summed E-state index contributed by atoms with van der Waals surface area (Å²) in [5.74, 6) is 1.81. The van der Waals surface area contributed by atoms with Gasteiger partial charge in [-0.05, 0) is 44.4 Å². The molecule has 4 rings (SSSR count). The van der Waals surface area contributed by atoms with Crippen molar-refractivity contribution in [3.8, 4) is 0 Å². The van der Waals surface area contributed by atoms with Gasteiger partial charge in [0.05, 0.1) is 11.0 Å². The van der Waals surface area contributed by atoms with Crippen molar-refractivity contribution in [3.05, 3.63) is 65.5 Å². The van der Waals surface area contributed by atoms with Crippen LogP contribution in [0.25, 0.3) is 16.7 Å². The molecular formula is C23H25N5O. The second kappa shape index (κ2) is 8.39. The minimum Gasteiger partial charge on any atom is -0.367 e. The molecule has 4 aromatic rings. The number of aromatic nitrogens is 4. The summed E-state index contributed by atoms with van der Waals surface area (Å²) in [5.41, 5.74) is 4.66. The van der Waals surface area contributed by atoms with E-state index in [9.17, 15) is 4.79 Å². The van der Waals surface area contributed by atoms with Gasteiger partial charge >= 0.3 is 0 Å². The lowest BCUT2D eigenvalue weighted by atomic mass is 10.0. The molecule has 0 atom stereocenters. The van der Waals surface area contributed by atoms with E-state index in [2.05, 4.69) is 40.6 Å². The lowest BCUT2D eigenvalue weighted by Gasteiger charge is -2.10. The Bertz CT molecular complexity index is 1150. The summed E-state index contributed by atoms with van der Waals surface area (Å²) in [6, 6.07) is 15.7. The van der Waals surface area contributed by atoms with Crippen molar-refractivity contribution in [2.24, 2.45) is 0 Å². The van der Waals surface area contributed by atoms with E-state index >= 15 is 0 Å². The van der Waals surface area contributed by atoms with Crippen LogP contribution in [-0.2, 0) is 0 Å². The van der Waals surface area contributed by atoms with Gasteiger partial charge < -0.3 is 5.32 Å². The van der Waals surface area contributed by atoms with Gasteiger partial charge in [0.15, 0.2) is 11.6 Å². The number of nitrogens with zero attached hydrogens (tertiary/aromatic N) is 4. The van der Waals surface area contributed by atoms with E-state index in [1.54, 1.807) is 0 Å². The highest BCUT2D eigenvalue weighted by atomic mass is 16.1. The second-order valence-electron chi connectivity index (χ2n) is 7.39. The third-order valence-electron chi connectivity index (χ3n) is 5.11. The van der Waals surface area contributed by atoms with Gasteiger partial charge in [0, 0.05) is 18.5 Å². The number of aryl methyl sites for hydroxylation is 2. The number of benzene rings is 2. The van der Waals surface area contributed by atoms with Crippen LogP contribution in [0.4, 0.5) is 5.82 Å². The molecular weight excluding hydrogens is 362 g/mol. The summed E-state index contributed by atoms with van der Waals surface area (Å²) < 4.78 is 2.04. The van der Waals surface area contributed by atoms with Crippen LogP contribution < -0.4 is 5.32 Å². The fourth-order valence-electron chi connectivity index (χ4n) is 3.57. The van der Waals surface area contributed by atoms with Gasteiger partial charge in [0.1, 0.15) is 5.82 Å². The van der Waals surface area contributed by atoms with Gasteiger partial charge in [-0.15, -0.1) is 10.2 Å². The lowest BCUT2D eigenvalue weighted by molar-refractivity contribution is 0.0979. The van der Waals surface area contributed by atoms with Crippen molar-refractivity contribution in [2.45, 2.75) is 39.5 Å². The Hall–Kier alpha value is -3.28. The van der Waals surface area contributed by atoms with Crippen LogP contribution in [0, 0.1) is 13.8 Å². The van der Waals surface area contributed by atoms with Crippen LogP contribution in [0.15, 0.2) is 48.5 Å². The molecule has 0 amide bonds. The number of Topliss-reactive ketones (excluding diaryl/α,β-unsaturated/α-hetero) is 1. The Labute approximate surface area is 170 Å². The Morgan fingerprint density at radius 3 is 2.66 bits per heavy atom. The molecule has 6 heteroatoms. The number of carbonyl (C=O) groups excluding carboxylic acids is 1. The number of rotatable bonds is 8. The Kier molecular flexibility index (Phi) is 5.51. The zero-order chi connectivity index (χ0) is 20.2. The molecule has 0 aliphatic rings. The smallest absolute Gasteiger partial charge is 0.204 e. The highest BCUT2D eigenvalue weighted by molar-refractivity contribution is 5.95. The minimum atomic E-state index is 0.214. The molecule has 0 saturated carbocycles. The maximum atomic E-state index is 12.2. The number of unbranched alkanes of at least 4 members (excludes halogenated alkanes) is 2. The average molecular weight is 387 g/mol. The van der Waals surface area contributed by atoms with Gasteiger partial charge in [-0.25, -0.2) is 4.98 Å². The highest BCUT2D eigenvalue weighted by Crippen LogP contribution is 2.22. The number of anilines is 1. The summed E-state index contributed by atoms with van der Waals surface area (Å²) in [6.07, 6.45) is 3.43. The predicted octanol–water partition coefficient (Wildman–Crippen LogP) is 4.75. The predicted molar refractivity (Wildman–Crippen MR) is 115 cm³/mol. The zero-order valence-corrected chi connectivity index (χ0v) is 16.9. The lowest BCUT2D eigenvalue weighted by Crippen LogP contribution is -2.07. The SMILES string of the molecule is Cc1ccc2c(c1)nc(NCCCCCC(=O)c1ccccc1)c1nnc(C)n12. The average Bonchev–Trinajstić information content (AvgIpc) is 3.12. The van der Waals surface area contributed by atoms with E-state index in [1.165, 1.54) is 5.56 Å². The van der Waals surface area contributed by atoms with Gasteiger partial charge in [-0.1, -0.05) is 42.8 Å². The maximum absolute atomic E-state index is 12.2. The molecule has 0 saturated heterocycles. The van der Waals surface area contributed by atoms with Crippen molar-refractivity contribution in [2.75, 3.05) is 11.9 Å². The van der Waals surface area contributed by atoms with E-state index in [1.807, 2.05) is 41.7 Å².